The third kappa shape index (κ3) is 4.50. The normalized spacial score (nSPS) is 11.8. The van der Waals surface area contributed by atoms with Gasteiger partial charge in [0.25, 0.3) is 5.91 Å². The Bertz CT molecular complexity index is 1270. The Labute approximate surface area is 190 Å². The van der Waals surface area contributed by atoms with Crippen molar-refractivity contribution in [3.63, 3.8) is 0 Å². The average molecular weight is 449 g/mol. The van der Waals surface area contributed by atoms with Crippen LogP contribution in [-0.2, 0) is 9.53 Å². The summed E-state index contributed by atoms with van der Waals surface area (Å²) < 4.78 is 11.4. The van der Waals surface area contributed by atoms with E-state index in [4.69, 9.17) is 20.8 Å². The van der Waals surface area contributed by atoms with Crippen molar-refractivity contribution in [3.05, 3.63) is 82.9 Å². The number of halogens is 1. The molecule has 1 N–H and O–H groups in total. The van der Waals surface area contributed by atoms with Gasteiger partial charge in [-0.05, 0) is 55.3 Å². The molecule has 1 aromatic heterocycles. The van der Waals surface area contributed by atoms with Gasteiger partial charge in [-0.1, -0.05) is 48.9 Å². The Morgan fingerprint density at radius 3 is 2.62 bits per heavy atom. The van der Waals surface area contributed by atoms with E-state index < -0.39 is 18.0 Å². The second-order valence-corrected chi connectivity index (χ2v) is 7.72. The molecule has 162 valence electrons. The molecule has 1 unspecified atom stereocenters. The van der Waals surface area contributed by atoms with E-state index in [1.807, 2.05) is 37.3 Å². The zero-order chi connectivity index (χ0) is 22.7. The van der Waals surface area contributed by atoms with Gasteiger partial charge in [-0.25, -0.2) is 9.78 Å². The number of para-hydroxylation sites is 2. The van der Waals surface area contributed by atoms with Crippen LogP contribution in [0.15, 0.2) is 71.1 Å². The molecule has 0 spiro atoms. The van der Waals surface area contributed by atoms with E-state index in [2.05, 4.69) is 10.3 Å². The molecule has 0 radical (unpaired) electrons. The summed E-state index contributed by atoms with van der Waals surface area (Å²) in [5.41, 5.74) is 3.50. The highest BCUT2D eigenvalue weighted by atomic mass is 35.5. The molecule has 1 atom stereocenters. The number of oxazole rings is 1. The van der Waals surface area contributed by atoms with Crippen molar-refractivity contribution in [2.75, 3.05) is 5.32 Å². The summed E-state index contributed by atoms with van der Waals surface area (Å²) in [4.78, 5) is 30.3. The average Bonchev–Trinajstić information content (AvgIpc) is 3.24. The molecule has 1 amide bonds. The number of hydrogen-bond acceptors (Lipinski definition) is 5. The molecule has 4 rings (SSSR count). The predicted molar refractivity (Wildman–Crippen MR) is 124 cm³/mol. The van der Waals surface area contributed by atoms with Crippen LogP contribution in [0.2, 0.25) is 5.02 Å². The fourth-order valence-electron chi connectivity index (χ4n) is 3.29. The van der Waals surface area contributed by atoms with Crippen LogP contribution < -0.4 is 5.32 Å². The number of anilines is 1. The topological polar surface area (TPSA) is 81.4 Å². The number of carbonyl (C=O) groups is 2. The van der Waals surface area contributed by atoms with Gasteiger partial charge in [0.05, 0.1) is 11.1 Å². The zero-order valence-electron chi connectivity index (χ0n) is 17.6. The minimum absolute atomic E-state index is 0.268. The summed E-state index contributed by atoms with van der Waals surface area (Å²) in [6.07, 6.45) is -0.667. The Balaban J connectivity index is 1.56. The lowest BCUT2D eigenvalue weighted by atomic mass is 10.1. The Morgan fingerprint density at radius 1 is 1.09 bits per heavy atom. The molecule has 0 aliphatic rings. The number of carbonyl (C=O) groups excluding carboxylic acids is 2. The lowest BCUT2D eigenvalue weighted by Crippen LogP contribution is -2.32. The number of aromatic nitrogens is 1. The number of nitrogens with zero attached hydrogens (tertiary/aromatic N) is 1. The molecular weight excluding hydrogens is 428 g/mol. The fourth-order valence-corrected chi connectivity index (χ4v) is 3.46. The van der Waals surface area contributed by atoms with Crippen LogP contribution in [0.5, 0.6) is 0 Å². The molecule has 1 heterocycles. The van der Waals surface area contributed by atoms with Gasteiger partial charge in [0.15, 0.2) is 11.7 Å². The lowest BCUT2D eigenvalue weighted by Gasteiger charge is -2.17. The third-order valence-electron chi connectivity index (χ3n) is 5.04. The summed E-state index contributed by atoms with van der Waals surface area (Å²) in [5, 5.41) is 3.29. The van der Waals surface area contributed by atoms with Crippen molar-refractivity contribution in [3.8, 4) is 11.5 Å². The second-order valence-electron chi connectivity index (χ2n) is 7.28. The summed E-state index contributed by atoms with van der Waals surface area (Å²) in [6.45, 7) is 3.63. The van der Waals surface area contributed by atoms with Crippen molar-refractivity contribution in [2.24, 2.45) is 0 Å². The summed E-state index contributed by atoms with van der Waals surface area (Å²) in [6, 6.07) is 19.4. The van der Waals surface area contributed by atoms with Crippen molar-refractivity contribution < 1.29 is 18.7 Å². The number of rotatable bonds is 6. The van der Waals surface area contributed by atoms with Crippen LogP contribution in [-0.4, -0.2) is 23.0 Å². The number of amides is 1. The molecule has 0 saturated carbocycles. The van der Waals surface area contributed by atoms with Gasteiger partial charge in [0.1, 0.15) is 5.52 Å². The summed E-state index contributed by atoms with van der Waals surface area (Å²) in [7, 11) is 0. The van der Waals surface area contributed by atoms with Crippen molar-refractivity contribution in [1.29, 1.82) is 0 Å². The third-order valence-corrected chi connectivity index (χ3v) is 5.28. The SMILES string of the molecule is CCC(OC(=O)c1ccccc1-c1nc2ccccc2o1)C(=O)Nc1cc(Cl)ccc1C. The van der Waals surface area contributed by atoms with E-state index in [1.54, 1.807) is 43.3 Å². The van der Waals surface area contributed by atoms with Crippen LogP contribution in [0.4, 0.5) is 5.69 Å². The van der Waals surface area contributed by atoms with Crippen LogP contribution in [0, 0.1) is 6.92 Å². The largest absolute Gasteiger partial charge is 0.449 e. The molecular formula is C25H21ClN2O4. The van der Waals surface area contributed by atoms with Gasteiger partial charge in [-0.2, -0.15) is 0 Å². The minimum atomic E-state index is -0.974. The first-order valence-corrected chi connectivity index (χ1v) is 10.6. The lowest BCUT2D eigenvalue weighted by molar-refractivity contribution is -0.124. The van der Waals surface area contributed by atoms with Gasteiger partial charge in [0.2, 0.25) is 5.89 Å². The standard InChI is InChI=1S/C25H21ClN2O4/c1-3-21(23(29)27-20-14-16(26)13-12-15(20)2)32-25(30)18-9-5-4-8-17(18)24-28-19-10-6-7-11-22(19)31-24/h4-14,21H,3H2,1-2H3,(H,27,29). The van der Waals surface area contributed by atoms with Crippen LogP contribution >= 0.6 is 11.6 Å². The molecule has 0 bridgehead atoms. The predicted octanol–water partition coefficient (Wildman–Crippen LogP) is 6.03. The van der Waals surface area contributed by atoms with Gasteiger partial charge in [-0.15, -0.1) is 0 Å². The maximum atomic E-state index is 13.0. The zero-order valence-corrected chi connectivity index (χ0v) is 18.3. The van der Waals surface area contributed by atoms with E-state index in [9.17, 15) is 9.59 Å². The van der Waals surface area contributed by atoms with E-state index in [0.717, 1.165) is 5.56 Å². The maximum absolute atomic E-state index is 13.0. The van der Waals surface area contributed by atoms with Gasteiger partial charge in [0, 0.05) is 10.7 Å². The van der Waals surface area contributed by atoms with Crippen LogP contribution in [0.25, 0.3) is 22.6 Å². The summed E-state index contributed by atoms with van der Waals surface area (Å²) in [5.74, 6) is -0.746. The molecule has 4 aromatic rings. The summed E-state index contributed by atoms with van der Waals surface area (Å²) >= 11 is 6.03. The second kappa shape index (κ2) is 9.24. The fraction of sp³-hybridized carbons (Fsp3) is 0.160. The number of hydrogen-bond donors (Lipinski definition) is 1. The number of esters is 1. The maximum Gasteiger partial charge on any atom is 0.339 e. The van der Waals surface area contributed by atoms with E-state index in [1.165, 1.54) is 0 Å². The van der Waals surface area contributed by atoms with Crippen molar-refractivity contribution in [2.45, 2.75) is 26.4 Å². The highest BCUT2D eigenvalue weighted by Gasteiger charge is 2.25. The Morgan fingerprint density at radius 2 is 1.84 bits per heavy atom. The van der Waals surface area contributed by atoms with Crippen molar-refractivity contribution in [1.82, 2.24) is 4.98 Å². The van der Waals surface area contributed by atoms with E-state index >= 15 is 0 Å². The van der Waals surface area contributed by atoms with Gasteiger partial charge >= 0.3 is 5.97 Å². The highest BCUT2D eigenvalue weighted by Crippen LogP contribution is 2.28. The monoisotopic (exact) mass is 448 g/mol. The first-order chi connectivity index (χ1) is 15.5. The number of fused-ring (bicyclic) bond motifs is 1. The smallest absolute Gasteiger partial charge is 0.339 e. The van der Waals surface area contributed by atoms with Crippen LogP contribution in [0.1, 0.15) is 29.3 Å². The van der Waals surface area contributed by atoms with Gasteiger partial charge in [-0.3, -0.25) is 4.79 Å². The molecule has 0 aliphatic carbocycles. The number of ether oxygens (including phenoxy) is 1. The Kier molecular flexibility index (Phi) is 6.23. The molecule has 6 nitrogen and oxygen atoms in total. The number of nitrogens with one attached hydrogen (secondary N) is 1. The quantitative estimate of drug-likeness (QED) is 0.364. The molecule has 0 saturated heterocycles. The van der Waals surface area contributed by atoms with E-state index in [-0.39, 0.29) is 5.56 Å². The number of aryl methyl sites for hydroxylation is 1. The number of benzene rings is 3. The highest BCUT2D eigenvalue weighted by molar-refractivity contribution is 6.31. The molecule has 7 heteroatoms. The molecule has 32 heavy (non-hydrogen) atoms. The van der Waals surface area contributed by atoms with Crippen molar-refractivity contribution >= 4 is 40.3 Å². The molecule has 0 aliphatic heterocycles. The van der Waals surface area contributed by atoms with Gasteiger partial charge < -0.3 is 14.5 Å². The Hall–Kier alpha value is -3.64. The first kappa shape index (κ1) is 21.6. The first-order valence-electron chi connectivity index (χ1n) is 10.2. The van der Waals surface area contributed by atoms with Crippen LogP contribution in [0.3, 0.4) is 0 Å². The minimum Gasteiger partial charge on any atom is -0.449 e. The molecule has 0 fully saturated rings. The molecule has 3 aromatic carbocycles. The van der Waals surface area contributed by atoms with E-state index in [0.29, 0.717) is 39.7 Å².